The second kappa shape index (κ2) is 5.22. The van der Waals surface area contributed by atoms with Gasteiger partial charge in [-0.05, 0) is 39.8 Å². The Balaban J connectivity index is 2.31. The van der Waals surface area contributed by atoms with Gasteiger partial charge in [-0.1, -0.05) is 6.07 Å². The van der Waals surface area contributed by atoms with Gasteiger partial charge in [0, 0.05) is 11.7 Å². The Kier molecular flexibility index (Phi) is 3.64. The number of aryl methyl sites for hydroxylation is 1. The first-order valence-corrected chi connectivity index (χ1v) is 6.28. The summed E-state index contributed by atoms with van der Waals surface area (Å²) in [5.74, 6) is 0.542. The van der Waals surface area contributed by atoms with E-state index in [0.29, 0.717) is 11.5 Å². The van der Waals surface area contributed by atoms with Crippen molar-refractivity contribution in [1.82, 2.24) is 14.5 Å². The van der Waals surface area contributed by atoms with E-state index in [2.05, 4.69) is 15.3 Å². The summed E-state index contributed by atoms with van der Waals surface area (Å²) in [5.41, 5.74) is 2.10. The van der Waals surface area contributed by atoms with Crippen LogP contribution in [-0.2, 0) is 0 Å². The zero-order valence-electron chi connectivity index (χ0n) is 11.6. The first-order chi connectivity index (χ1) is 8.99. The molecular weight excluding hydrogens is 240 g/mol. The number of rotatable bonds is 3. The summed E-state index contributed by atoms with van der Waals surface area (Å²) >= 11 is 0. The lowest BCUT2D eigenvalue weighted by atomic mass is 10.3. The highest BCUT2D eigenvalue weighted by atomic mass is 16.2. The van der Waals surface area contributed by atoms with E-state index in [1.54, 1.807) is 6.07 Å². The molecule has 0 aliphatic rings. The summed E-state index contributed by atoms with van der Waals surface area (Å²) in [6.45, 7) is 7.80. The summed E-state index contributed by atoms with van der Waals surface area (Å²) in [7, 11) is 0. The molecule has 2 heterocycles. The molecule has 19 heavy (non-hydrogen) atoms. The second-order valence-corrected chi connectivity index (χ2v) is 4.80. The number of pyridine rings is 1. The maximum atomic E-state index is 12.4. The molecule has 0 saturated carbocycles. The van der Waals surface area contributed by atoms with Gasteiger partial charge < -0.3 is 5.32 Å². The number of hydrogen-bond acceptors (Lipinski definition) is 4. The van der Waals surface area contributed by atoms with Crippen molar-refractivity contribution in [1.29, 1.82) is 0 Å². The fourth-order valence-corrected chi connectivity index (χ4v) is 1.76. The van der Waals surface area contributed by atoms with E-state index in [4.69, 9.17) is 0 Å². The minimum absolute atomic E-state index is 0.162. The number of imidazole rings is 1. The number of aromatic nitrogens is 3. The summed E-state index contributed by atoms with van der Waals surface area (Å²) < 4.78 is 1.52. The van der Waals surface area contributed by atoms with E-state index in [0.717, 1.165) is 11.4 Å². The molecule has 0 atom stereocenters. The molecule has 0 unspecified atom stereocenters. The smallest absolute Gasteiger partial charge is 0.282 e. The predicted octanol–water partition coefficient (Wildman–Crippen LogP) is 2.40. The van der Waals surface area contributed by atoms with Gasteiger partial charge in [-0.3, -0.25) is 9.36 Å². The molecule has 2 rings (SSSR count). The molecule has 0 spiro atoms. The molecular formula is C14H18N4O. The fraction of sp³-hybridized carbons (Fsp3) is 0.357. The molecule has 2 aromatic rings. The number of nitrogens with zero attached hydrogens (tertiary/aromatic N) is 3. The van der Waals surface area contributed by atoms with Crippen molar-refractivity contribution in [2.45, 2.75) is 33.7 Å². The van der Waals surface area contributed by atoms with Crippen molar-refractivity contribution in [3.8, 4) is 0 Å². The summed E-state index contributed by atoms with van der Waals surface area (Å²) in [4.78, 5) is 20.8. The van der Waals surface area contributed by atoms with Gasteiger partial charge in [0.25, 0.3) is 5.91 Å². The average molecular weight is 258 g/mol. The molecule has 5 heteroatoms. The van der Waals surface area contributed by atoms with Gasteiger partial charge in [-0.15, -0.1) is 0 Å². The van der Waals surface area contributed by atoms with Gasteiger partial charge in [0.1, 0.15) is 17.8 Å². The zero-order chi connectivity index (χ0) is 14.0. The Labute approximate surface area is 112 Å². The summed E-state index contributed by atoms with van der Waals surface area (Å²) in [5, 5.41) is 3.18. The lowest BCUT2D eigenvalue weighted by molar-refractivity contribution is 0.0953. The van der Waals surface area contributed by atoms with Gasteiger partial charge in [0.05, 0.1) is 5.69 Å². The van der Waals surface area contributed by atoms with Gasteiger partial charge in [0.15, 0.2) is 0 Å². The average Bonchev–Trinajstić information content (AvgIpc) is 2.69. The van der Waals surface area contributed by atoms with Crippen molar-refractivity contribution in [2.75, 3.05) is 5.32 Å². The third-order valence-electron chi connectivity index (χ3n) is 2.88. The lowest BCUT2D eigenvalue weighted by Gasteiger charge is -2.10. The number of anilines is 1. The van der Waals surface area contributed by atoms with Crippen LogP contribution in [0.1, 0.15) is 35.7 Å². The molecule has 5 nitrogen and oxygen atoms in total. The summed E-state index contributed by atoms with van der Waals surface area (Å²) in [6, 6.07) is 5.66. The maximum Gasteiger partial charge on any atom is 0.282 e. The van der Waals surface area contributed by atoms with E-state index in [-0.39, 0.29) is 11.9 Å². The van der Waals surface area contributed by atoms with Gasteiger partial charge in [-0.2, -0.15) is 0 Å². The maximum absolute atomic E-state index is 12.4. The van der Waals surface area contributed by atoms with Crippen LogP contribution in [0.3, 0.4) is 0 Å². The molecule has 0 aromatic carbocycles. The molecule has 0 aliphatic carbocycles. The third kappa shape index (κ3) is 2.81. The van der Waals surface area contributed by atoms with Crippen LogP contribution in [0, 0.1) is 13.8 Å². The number of carbonyl (C=O) groups is 1. The minimum atomic E-state index is -0.162. The Morgan fingerprint density at radius 3 is 2.63 bits per heavy atom. The molecule has 100 valence electrons. The molecule has 0 fully saturated rings. The predicted molar refractivity (Wildman–Crippen MR) is 74.4 cm³/mol. The lowest BCUT2D eigenvalue weighted by Crippen LogP contribution is -2.16. The first kappa shape index (κ1) is 13.3. The second-order valence-electron chi connectivity index (χ2n) is 4.80. The number of hydrogen-bond donors (Lipinski definition) is 1. The molecule has 2 aromatic heterocycles. The Morgan fingerprint density at radius 2 is 2.05 bits per heavy atom. The Hall–Kier alpha value is -2.17. The molecule has 1 N–H and O–H groups in total. The zero-order valence-corrected chi connectivity index (χ0v) is 11.6. The van der Waals surface area contributed by atoms with E-state index >= 15 is 0 Å². The van der Waals surface area contributed by atoms with E-state index in [1.807, 2.05) is 39.8 Å². The van der Waals surface area contributed by atoms with E-state index in [9.17, 15) is 4.79 Å². The van der Waals surface area contributed by atoms with Crippen LogP contribution in [0.5, 0.6) is 0 Å². The van der Waals surface area contributed by atoms with Crippen molar-refractivity contribution in [3.63, 3.8) is 0 Å². The van der Waals surface area contributed by atoms with Crippen LogP contribution in [0.25, 0.3) is 0 Å². The quantitative estimate of drug-likeness (QED) is 0.918. The van der Waals surface area contributed by atoms with Crippen LogP contribution in [-0.4, -0.2) is 26.5 Å². The molecule has 0 saturated heterocycles. The minimum Gasteiger partial charge on any atom is -0.368 e. The third-order valence-corrected chi connectivity index (χ3v) is 2.88. The first-order valence-electron chi connectivity index (χ1n) is 6.28. The topological polar surface area (TPSA) is 59.8 Å². The molecule has 0 radical (unpaired) electrons. The van der Waals surface area contributed by atoms with Crippen LogP contribution < -0.4 is 5.32 Å². The largest absolute Gasteiger partial charge is 0.368 e. The van der Waals surface area contributed by atoms with Gasteiger partial charge >= 0.3 is 0 Å². The van der Waals surface area contributed by atoms with Gasteiger partial charge in [0.2, 0.25) is 0 Å². The molecule has 0 bridgehead atoms. The van der Waals surface area contributed by atoms with E-state index in [1.165, 1.54) is 10.9 Å². The summed E-state index contributed by atoms with van der Waals surface area (Å²) in [6.07, 6.45) is 1.54. The molecule has 0 amide bonds. The van der Waals surface area contributed by atoms with Crippen molar-refractivity contribution in [3.05, 3.63) is 41.6 Å². The van der Waals surface area contributed by atoms with Crippen LogP contribution in [0.4, 0.5) is 5.82 Å². The SMILES string of the molecule is Cc1ncn(C(=O)c2cccc(NC(C)C)n2)c1C. The van der Waals surface area contributed by atoms with Crippen LogP contribution >= 0.6 is 0 Å². The number of carbonyl (C=O) groups excluding carboxylic acids is 1. The highest BCUT2D eigenvalue weighted by Crippen LogP contribution is 2.11. The van der Waals surface area contributed by atoms with Crippen LogP contribution in [0.2, 0.25) is 0 Å². The molecule has 0 aliphatic heterocycles. The highest BCUT2D eigenvalue weighted by molar-refractivity contribution is 5.94. The Morgan fingerprint density at radius 1 is 1.32 bits per heavy atom. The highest BCUT2D eigenvalue weighted by Gasteiger charge is 2.14. The van der Waals surface area contributed by atoms with Crippen molar-refractivity contribution >= 4 is 11.7 Å². The standard InChI is InChI=1S/C14H18N4O/c1-9(2)16-13-7-5-6-12(17-13)14(19)18-8-15-10(3)11(18)4/h5-9H,1-4H3,(H,16,17). The fourth-order valence-electron chi connectivity index (χ4n) is 1.76. The normalized spacial score (nSPS) is 10.8. The van der Waals surface area contributed by atoms with Crippen molar-refractivity contribution in [2.24, 2.45) is 0 Å². The Bertz CT molecular complexity index is 601. The number of nitrogens with one attached hydrogen (secondary N) is 1. The monoisotopic (exact) mass is 258 g/mol. The van der Waals surface area contributed by atoms with Crippen LogP contribution in [0.15, 0.2) is 24.5 Å². The van der Waals surface area contributed by atoms with Crippen molar-refractivity contribution < 1.29 is 4.79 Å². The van der Waals surface area contributed by atoms with Gasteiger partial charge in [-0.25, -0.2) is 9.97 Å². The van der Waals surface area contributed by atoms with E-state index < -0.39 is 0 Å².